The summed E-state index contributed by atoms with van der Waals surface area (Å²) in [5.41, 5.74) is 2.28. The number of hydrogen-bond acceptors (Lipinski definition) is 6. The molecule has 2 aromatic heterocycles. The molecule has 0 saturated heterocycles. The zero-order valence-electron chi connectivity index (χ0n) is 14.8. The van der Waals surface area contributed by atoms with Crippen LogP contribution in [0.15, 0.2) is 60.9 Å². The van der Waals surface area contributed by atoms with Crippen molar-refractivity contribution < 1.29 is 9.47 Å². The topological polar surface area (TPSA) is 85.0 Å². The fourth-order valence-corrected chi connectivity index (χ4v) is 2.69. The van der Waals surface area contributed by atoms with Crippen LogP contribution < -0.4 is 14.8 Å². The molecule has 0 spiro atoms. The quantitative estimate of drug-likeness (QED) is 0.490. The van der Waals surface area contributed by atoms with Crippen LogP contribution in [0.2, 0.25) is 0 Å². The Morgan fingerprint density at radius 3 is 2.56 bits per heavy atom. The number of nitrogens with zero attached hydrogens (tertiary/aromatic N) is 3. The molecule has 7 nitrogen and oxygen atoms in total. The van der Waals surface area contributed by atoms with Crippen molar-refractivity contribution in [1.82, 2.24) is 19.9 Å². The Morgan fingerprint density at radius 1 is 0.963 bits per heavy atom. The standard InChI is InChI=1S/C20H19N5O2/c1-26-15-9-7-14(8-10-15)18-24-19(17-20(25-18)23-13-22-17)21-11-12-27-16-5-3-2-4-6-16/h2-10,13H,11-12H2,1H3,(H2,21,22,23,24,25). The lowest BCUT2D eigenvalue weighted by atomic mass is 10.2. The smallest absolute Gasteiger partial charge is 0.183 e. The van der Waals surface area contributed by atoms with Crippen LogP contribution >= 0.6 is 0 Å². The number of aromatic amines is 1. The number of nitrogens with one attached hydrogen (secondary N) is 2. The number of imidazole rings is 1. The van der Waals surface area contributed by atoms with Crippen molar-refractivity contribution in [1.29, 1.82) is 0 Å². The molecule has 0 unspecified atom stereocenters. The number of hydrogen-bond donors (Lipinski definition) is 2. The molecule has 0 bridgehead atoms. The summed E-state index contributed by atoms with van der Waals surface area (Å²) in [7, 11) is 1.64. The van der Waals surface area contributed by atoms with Crippen molar-refractivity contribution >= 4 is 17.0 Å². The molecular weight excluding hydrogens is 342 g/mol. The van der Waals surface area contributed by atoms with Crippen LogP contribution in [0.5, 0.6) is 11.5 Å². The Kier molecular flexibility index (Phi) is 4.82. The summed E-state index contributed by atoms with van der Waals surface area (Å²) >= 11 is 0. The maximum Gasteiger partial charge on any atom is 0.183 e. The zero-order chi connectivity index (χ0) is 18.5. The second-order valence-corrected chi connectivity index (χ2v) is 5.81. The van der Waals surface area contributed by atoms with Gasteiger partial charge in [-0.3, -0.25) is 0 Å². The Hall–Kier alpha value is -3.61. The van der Waals surface area contributed by atoms with Crippen molar-refractivity contribution in [2.45, 2.75) is 0 Å². The molecule has 7 heteroatoms. The Morgan fingerprint density at radius 2 is 1.78 bits per heavy atom. The number of rotatable bonds is 7. The van der Waals surface area contributed by atoms with Gasteiger partial charge in [-0.25, -0.2) is 15.0 Å². The van der Waals surface area contributed by atoms with Gasteiger partial charge in [0.05, 0.1) is 20.0 Å². The second kappa shape index (κ2) is 7.74. The van der Waals surface area contributed by atoms with Gasteiger partial charge in [-0.05, 0) is 36.4 Å². The van der Waals surface area contributed by atoms with E-state index in [0.29, 0.717) is 30.4 Å². The largest absolute Gasteiger partial charge is 0.497 e. The van der Waals surface area contributed by atoms with Crippen LogP contribution in [0.3, 0.4) is 0 Å². The molecule has 0 amide bonds. The molecule has 0 saturated carbocycles. The third kappa shape index (κ3) is 3.82. The molecule has 0 aliphatic heterocycles. The van der Waals surface area contributed by atoms with Gasteiger partial charge in [0.2, 0.25) is 0 Å². The van der Waals surface area contributed by atoms with Crippen molar-refractivity contribution in [2.75, 3.05) is 25.6 Å². The van der Waals surface area contributed by atoms with Crippen molar-refractivity contribution in [3.05, 3.63) is 60.9 Å². The highest BCUT2D eigenvalue weighted by Crippen LogP contribution is 2.24. The molecule has 4 aromatic rings. The van der Waals surface area contributed by atoms with Gasteiger partial charge < -0.3 is 19.8 Å². The third-order valence-electron chi connectivity index (χ3n) is 4.04. The molecule has 0 fully saturated rings. The van der Waals surface area contributed by atoms with Gasteiger partial charge in [-0.1, -0.05) is 18.2 Å². The van der Waals surface area contributed by atoms with Gasteiger partial charge in [-0.15, -0.1) is 0 Å². The number of ether oxygens (including phenoxy) is 2. The normalized spacial score (nSPS) is 10.7. The fourth-order valence-electron chi connectivity index (χ4n) is 2.69. The molecule has 0 radical (unpaired) electrons. The van der Waals surface area contributed by atoms with Crippen molar-refractivity contribution in [3.63, 3.8) is 0 Å². The van der Waals surface area contributed by atoms with E-state index in [-0.39, 0.29) is 0 Å². The number of methoxy groups -OCH3 is 1. The first-order chi connectivity index (χ1) is 13.3. The average molecular weight is 361 g/mol. The highest BCUT2D eigenvalue weighted by molar-refractivity contribution is 5.84. The minimum Gasteiger partial charge on any atom is -0.497 e. The van der Waals surface area contributed by atoms with Crippen LogP contribution in [-0.4, -0.2) is 40.2 Å². The molecular formula is C20H19N5O2. The lowest BCUT2D eigenvalue weighted by molar-refractivity contribution is 0.333. The predicted octanol–water partition coefficient (Wildman–Crippen LogP) is 3.52. The molecule has 0 atom stereocenters. The van der Waals surface area contributed by atoms with E-state index in [1.807, 2.05) is 54.6 Å². The zero-order valence-corrected chi connectivity index (χ0v) is 14.8. The summed E-state index contributed by atoms with van der Waals surface area (Å²) in [6.07, 6.45) is 1.61. The number of benzene rings is 2. The molecule has 27 heavy (non-hydrogen) atoms. The summed E-state index contributed by atoms with van der Waals surface area (Å²) in [5.74, 6) is 2.92. The van der Waals surface area contributed by atoms with Crippen LogP contribution in [0, 0.1) is 0 Å². The first kappa shape index (κ1) is 16.8. The summed E-state index contributed by atoms with van der Waals surface area (Å²) in [4.78, 5) is 16.5. The molecule has 4 rings (SSSR count). The minimum absolute atomic E-state index is 0.515. The summed E-state index contributed by atoms with van der Waals surface area (Å²) < 4.78 is 10.9. The van der Waals surface area contributed by atoms with Crippen molar-refractivity contribution in [2.24, 2.45) is 0 Å². The number of anilines is 1. The van der Waals surface area contributed by atoms with E-state index in [0.717, 1.165) is 22.6 Å². The molecule has 2 aromatic carbocycles. The van der Waals surface area contributed by atoms with E-state index in [4.69, 9.17) is 9.47 Å². The van der Waals surface area contributed by atoms with Gasteiger partial charge >= 0.3 is 0 Å². The fraction of sp³-hybridized carbons (Fsp3) is 0.150. The highest BCUT2D eigenvalue weighted by atomic mass is 16.5. The van der Waals surface area contributed by atoms with Gasteiger partial charge in [0.1, 0.15) is 23.6 Å². The van der Waals surface area contributed by atoms with E-state index in [9.17, 15) is 0 Å². The SMILES string of the molecule is COc1ccc(-c2nc(NCCOc3ccccc3)c3[nH]cnc3n2)cc1. The molecule has 0 aliphatic rings. The molecule has 0 aliphatic carbocycles. The third-order valence-corrected chi connectivity index (χ3v) is 4.04. The van der Waals surface area contributed by atoms with E-state index < -0.39 is 0 Å². The second-order valence-electron chi connectivity index (χ2n) is 5.81. The summed E-state index contributed by atoms with van der Waals surface area (Å²) in [5, 5.41) is 3.30. The van der Waals surface area contributed by atoms with E-state index in [1.54, 1.807) is 13.4 Å². The molecule has 2 heterocycles. The van der Waals surface area contributed by atoms with E-state index in [1.165, 1.54) is 0 Å². The highest BCUT2D eigenvalue weighted by Gasteiger charge is 2.11. The first-order valence-electron chi connectivity index (χ1n) is 8.61. The van der Waals surface area contributed by atoms with Gasteiger partial charge in [0, 0.05) is 5.56 Å². The Bertz CT molecular complexity index is 1020. The maximum absolute atomic E-state index is 5.72. The minimum atomic E-state index is 0.515. The van der Waals surface area contributed by atoms with Crippen LogP contribution in [0.1, 0.15) is 0 Å². The summed E-state index contributed by atoms with van der Waals surface area (Å²) in [6.45, 7) is 1.11. The van der Waals surface area contributed by atoms with Gasteiger partial charge in [0.15, 0.2) is 17.3 Å². The average Bonchev–Trinajstić information content (AvgIpc) is 3.21. The van der Waals surface area contributed by atoms with E-state index >= 15 is 0 Å². The number of aromatic nitrogens is 4. The summed E-state index contributed by atoms with van der Waals surface area (Å²) in [6, 6.07) is 17.3. The lowest BCUT2D eigenvalue weighted by Crippen LogP contribution is -2.13. The van der Waals surface area contributed by atoms with Crippen molar-refractivity contribution in [3.8, 4) is 22.9 Å². The van der Waals surface area contributed by atoms with Crippen LogP contribution in [-0.2, 0) is 0 Å². The van der Waals surface area contributed by atoms with Crippen LogP contribution in [0.25, 0.3) is 22.6 Å². The molecule has 2 N–H and O–H groups in total. The molecule has 136 valence electrons. The monoisotopic (exact) mass is 361 g/mol. The Balaban J connectivity index is 1.51. The van der Waals surface area contributed by atoms with Gasteiger partial charge in [0.25, 0.3) is 0 Å². The number of fused-ring (bicyclic) bond motifs is 1. The first-order valence-corrected chi connectivity index (χ1v) is 8.61. The van der Waals surface area contributed by atoms with Gasteiger partial charge in [-0.2, -0.15) is 0 Å². The Labute approximate surface area is 156 Å². The lowest BCUT2D eigenvalue weighted by Gasteiger charge is -2.10. The number of H-pyrrole nitrogens is 1. The van der Waals surface area contributed by atoms with Crippen LogP contribution in [0.4, 0.5) is 5.82 Å². The van der Waals surface area contributed by atoms with E-state index in [2.05, 4.69) is 25.3 Å². The number of para-hydroxylation sites is 1. The maximum atomic E-state index is 5.72. The predicted molar refractivity (Wildman–Crippen MR) is 104 cm³/mol.